The van der Waals surface area contributed by atoms with Crippen molar-refractivity contribution < 1.29 is 27.4 Å². The summed E-state index contributed by atoms with van der Waals surface area (Å²) in [6, 6.07) is 2.00. The summed E-state index contributed by atoms with van der Waals surface area (Å²) >= 11 is 1.45. The van der Waals surface area contributed by atoms with Gasteiger partial charge in [-0.1, -0.05) is 53.3 Å². The molecule has 3 heterocycles. The standard InChI is InChI=1S/C31H47F3N4O3SSi/c1-17(2)38-16-35-25-12-23(11-24(26(25)38)31(32,33)34)40-15-22-14-30(39,13-21(9)36-22)27-28(42-10)41-29(37-27)43(18(3)4,19(5)6)20(7)8/h11-12,16-22,36,39H,13-15H2,1-10H3/t21-,22-,30?/m0/s1. The van der Waals surface area contributed by atoms with E-state index in [0.29, 0.717) is 33.8 Å². The molecule has 0 bridgehead atoms. The number of aliphatic hydroxyl groups is 1. The van der Waals surface area contributed by atoms with Crippen molar-refractivity contribution in [2.75, 3.05) is 12.9 Å². The Morgan fingerprint density at radius 2 is 1.74 bits per heavy atom. The number of imidazole rings is 1. The van der Waals surface area contributed by atoms with Crippen molar-refractivity contribution in [3.63, 3.8) is 0 Å². The van der Waals surface area contributed by atoms with Crippen LogP contribution in [0.3, 0.4) is 0 Å². The molecule has 1 saturated heterocycles. The molecule has 2 aromatic heterocycles. The summed E-state index contributed by atoms with van der Waals surface area (Å²) < 4.78 is 56.3. The number of benzene rings is 1. The molecule has 0 spiro atoms. The monoisotopic (exact) mass is 640 g/mol. The Bertz CT molecular complexity index is 1400. The Kier molecular flexibility index (Phi) is 9.77. The Labute approximate surface area is 258 Å². The molecule has 1 aromatic carbocycles. The van der Waals surface area contributed by atoms with Gasteiger partial charge in [0, 0.05) is 30.6 Å². The molecule has 7 nitrogen and oxygen atoms in total. The lowest BCUT2D eigenvalue weighted by atomic mass is 9.82. The first-order valence-corrected chi connectivity index (χ1v) is 18.7. The molecule has 12 heteroatoms. The predicted molar refractivity (Wildman–Crippen MR) is 169 cm³/mol. The molecule has 1 aliphatic rings. The average molecular weight is 641 g/mol. The average Bonchev–Trinajstić information content (AvgIpc) is 3.51. The highest BCUT2D eigenvalue weighted by Gasteiger charge is 2.51. The molecule has 43 heavy (non-hydrogen) atoms. The molecule has 240 valence electrons. The number of halogens is 3. The van der Waals surface area contributed by atoms with Gasteiger partial charge in [0.2, 0.25) is 0 Å². The number of hydrogen-bond donors (Lipinski definition) is 2. The SMILES string of the molecule is CSc1oc([Si](C(C)C)(C(C)C)C(C)C)nc1C1(O)C[C@@H](COc2cc(C(F)(F)F)c3c(c2)ncn3C(C)C)N[C@@H](C)C1. The van der Waals surface area contributed by atoms with Crippen LogP contribution in [0, 0.1) is 0 Å². The van der Waals surface area contributed by atoms with E-state index in [0.717, 1.165) is 11.6 Å². The quantitative estimate of drug-likeness (QED) is 0.174. The van der Waals surface area contributed by atoms with E-state index in [1.165, 1.54) is 22.7 Å². The molecule has 1 aliphatic heterocycles. The first-order chi connectivity index (χ1) is 19.9. The van der Waals surface area contributed by atoms with Crippen LogP contribution in [0.25, 0.3) is 11.0 Å². The summed E-state index contributed by atoms with van der Waals surface area (Å²) in [5.74, 6) is 0.0903. The number of alkyl halides is 3. The number of oxazole rings is 1. The van der Waals surface area contributed by atoms with Crippen molar-refractivity contribution in [1.82, 2.24) is 19.9 Å². The highest BCUT2D eigenvalue weighted by Crippen LogP contribution is 2.44. The molecule has 0 saturated carbocycles. The summed E-state index contributed by atoms with van der Waals surface area (Å²) in [6.07, 6.45) is -0.488. The van der Waals surface area contributed by atoms with E-state index in [9.17, 15) is 18.3 Å². The molecular formula is C31H47F3N4O3SSi. The van der Waals surface area contributed by atoms with E-state index in [-0.39, 0.29) is 47.9 Å². The molecule has 4 rings (SSSR count). The van der Waals surface area contributed by atoms with Gasteiger partial charge < -0.3 is 24.1 Å². The van der Waals surface area contributed by atoms with E-state index in [2.05, 4.69) is 51.8 Å². The van der Waals surface area contributed by atoms with Gasteiger partial charge in [-0.3, -0.25) is 0 Å². The number of piperidine rings is 1. The van der Waals surface area contributed by atoms with Gasteiger partial charge in [-0.05, 0) is 56.1 Å². The minimum absolute atomic E-state index is 0.0453. The lowest BCUT2D eigenvalue weighted by molar-refractivity contribution is -0.136. The van der Waals surface area contributed by atoms with Crippen LogP contribution in [0.2, 0.25) is 16.6 Å². The van der Waals surface area contributed by atoms with Crippen LogP contribution in [0.1, 0.15) is 92.5 Å². The lowest BCUT2D eigenvalue weighted by Crippen LogP contribution is -2.57. The van der Waals surface area contributed by atoms with Gasteiger partial charge in [-0.25, -0.2) is 9.97 Å². The first kappa shape index (κ1) is 33.9. The van der Waals surface area contributed by atoms with Crippen LogP contribution in [-0.2, 0) is 11.8 Å². The maximum absolute atomic E-state index is 14.1. The van der Waals surface area contributed by atoms with Crippen LogP contribution >= 0.6 is 11.8 Å². The Hall–Kier alpha value is -2.02. The maximum Gasteiger partial charge on any atom is 0.418 e. The van der Waals surface area contributed by atoms with Crippen LogP contribution in [0.4, 0.5) is 13.2 Å². The summed E-state index contributed by atoms with van der Waals surface area (Å²) in [5, 5.41) is 16.2. The second kappa shape index (κ2) is 12.4. The zero-order valence-corrected chi connectivity index (χ0v) is 28.8. The number of nitrogens with one attached hydrogen (secondary N) is 1. The van der Waals surface area contributed by atoms with Crippen molar-refractivity contribution in [2.24, 2.45) is 0 Å². The number of ether oxygens (including phenoxy) is 1. The van der Waals surface area contributed by atoms with Crippen LogP contribution in [-0.4, -0.2) is 52.7 Å². The van der Waals surface area contributed by atoms with Gasteiger partial charge >= 0.3 is 6.18 Å². The van der Waals surface area contributed by atoms with Gasteiger partial charge in [0.25, 0.3) is 0 Å². The number of hydrogen-bond acceptors (Lipinski definition) is 7. The van der Waals surface area contributed by atoms with Gasteiger partial charge in [-0.15, -0.1) is 0 Å². The van der Waals surface area contributed by atoms with E-state index < -0.39 is 25.4 Å². The Morgan fingerprint density at radius 1 is 1.12 bits per heavy atom. The second-order valence-electron chi connectivity index (χ2n) is 13.4. The molecule has 3 atom stereocenters. The second-order valence-corrected chi connectivity index (χ2v) is 19.9. The van der Waals surface area contributed by atoms with Crippen LogP contribution in [0.15, 0.2) is 28.0 Å². The summed E-state index contributed by atoms with van der Waals surface area (Å²) in [6.45, 7) is 19.2. The van der Waals surface area contributed by atoms with E-state index in [4.69, 9.17) is 14.1 Å². The van der Waals surface area contributed by atoms with Crippen LogP contribution in [0.5, 0.6) is 5.75 Å². The third kappa shape index (κ3) is 6.26. The van der Waals surface area contributed by atoms with Gasteiger partial charge in [0.15, 0.2) is 18.7 Å². The molecular weight excluding hydrogens is 594 g/mol. The number of thioether (sulfide) groups is 1. The molecule has 1 fully saturated rings. The van der Waals surface area contributed by atoms with Crippen molar-refractivity contribution in [3.05, 3.63) is 29.7 Å². The van der Waals surface area contributed by atoms with Crippen molar-refractivity contribution in [3.8, 4) is 5.75 Å². The molecule has 0 aliphatic carbocycles. The van der Waals surface area contributed by atoms with Gasteiger partial charge in [-0.2, -0.15) is 13.2 Å². The number of aromatic nitrogens is 3. The minimum Gasteiger partial charge on any atom is -0.492 e. The highest BCUT2D eigenvalue weighted by atomic mass is 32.2. The molecule has 1 unspecified atom stereocenters. The fourth-order valence-corrected chi connectivity index (χ4v) is 14.2. The summed E-state index contributed by atoms with van der Waals surface area (Å²) in [5.41, 5.74) is 0.741. The molecule has 0 radical (unpaired) electrons. The van der Waals surface area contributed by atoms with Crippen molar-refractivity contribution in [2.45, 2.75) is 127 Å². The molecule has 2 N–H and O–H groups in total. The lowest BCUT2D eigenvalue weighted by Gasteiger charge is -2.40. The number of rotatable bonds is 10. The van der Waals surface area contributed by atoms with Crippen molar-refractivity contribution in [1.29, 1.82) is 0 Å². The first-order valence-electron chi connectivity index (χ1n) is 15.2. The topological polar surface area (TPSA) is 85.3 Å². The zero-order chi connectivity index (χ0) is 32.1. The minimum atomic E-state index is -4.57. The van der Waals surface area contributed by atoms with Crippen molar-refractivity contribution >= 4 is 36.4 Å². The highest BCUT2D eigenvalue weighted by molar-refractivity contribution is 7.98. The smallest absolute Gasteiger partial charge is 0.418 e. The normalized spacial score (nSPS) is 22.1. The Balaban J connectivity index is 1.65. The maximum atomic E-state index is 14.1. The van der Waals surface area contributed by atoms with Gasteiger partial charge in [0.1, 0.15) is 23.7 Å². The summed E-state index contributed by atoms with van der Waals surface area (Å²) in [4.78, 5) is 9.34. The van der Waals surface area contributed by atoms with Crippen LogP contribution < -0.4 is 15.6 Å². The fourth-order valence-electron chi connectivity index (χ4n) is 7.52. The fraction of sp³-hybridized carbons (Fsp3) is 0.677. The number of nitrogens with zero attached hydrogens (tertiary/aromatic N) is 3. The molecule has 0 amide bonds. The predicted octanol–water partition coefficient (Wildman–Crippen LogP) is 7.64. The third-order valence-electron chi connectivity index (χ3n) is 9.16. The summed E-state index contributed by atoms with van der Waals surface area (Å²) in [7, 11) is -2.21. The van der Waals surface area contributed by atoms with Gasteiger partial charge in [0.05, 0.1) is 22.9 Å². The zero-order valence-electron chi connectivity index (χ0n) is 27.0. The molecule has 3 aromatic rings. The Morgan fingerprint density at radius 3 is 2.28 bits per heavy atom. The largest absolute Gasteiger partial charge is 0.492 e. The van der Waals surface area contributed by atoms with E-state index in [1.807, 2.05) is 27.0 Å². The van der Waals surface area contributed by atoms with E-state index in [1.54, 1.807) is 6.07 Å². The van der Waals surface area contributed by atoms with E-state index >= 15 is 0 Å². The number of fused-ring (bicyclic) bond motifs is 1. The third-order valence-corrected chi connectivity index (χ3v) is 16.5.